The maximum absolute atomic E-state index is 6.07. The van der Waals surface area contributed by atoms with Crippen molar-refractivity contribution in [3.63, 3.8) is 0 Å². The molecule has 1 saturated heterocycles. The van der Waals surface area contributed by atoms with E-state index in [0.717, 1.165) is 19.5 Å². The average molecular weight is 225 g/mol. The van der Waals surface area contributed by atoms with E-state index in [0.29, 0.717) is 0 Å². The van der Waals surface area contributed by atoms with E-state index in [4.69, 9.17) is 4.74 Å². The lowest BCUT2D eigenvalue weighted by molar-refractivity contribution is -0.0944. The summed E-state index contributed by atoms with van der Waals surface area (Å²) in [5.74, 6) is 0. The van der Waals surface area contributed by atoms with Gasteiger partial charge in [0, 0.05) is 22.8 Å². The van der Waals surface area contributed by atoms with E-state index in [-0.39, 0.29) is 11.7 Å². The van der Waals surface area contributed by atoms with Crippen LogP contribution in [-0.4, -0.2) is 18.7 Å². The van der Waals surface area contributed by atoms with E-state index < -0.39 is 0 Å². The first-order valence-electron chi connectivity index (χ1n) is 5.58. The zero-order chi connectivity index (χ0) is 10.9. The van der Waals surface area contributed by atoms with Gasteiger partial charge in [0.05, 0.1) is 5.60 Å². The highest BCUT2D eigenvalue weighted by Crippen LogP contribution is 2.31. The lowest BCUT2D eigenvalue weighted by atomic mass is 10.1. The second kappa shape index (κ2) is 4.24. The summed E-state index contributed by atoms with van der Waals surface area (Å²) in [6, 6.07) is 4.42. The topological polar surface area (TPSA) is 21.3 Å². The summed E-state index contributed by atoms with van der Waals surface area (Å²) in [6.07, 6.45) is 1.35. The van der Waals surface area contributed by atoms with Crippen molar-refractivity contribution < 1.29 is 4.74 Å². The molecule has 1 aliphatic rings. The van der Waals surface area contributed by atoms with E-state index in [2.05, 4.69) is 38.2 Å². The minimum absolute atomic E-state index is 0.0424. The third-order valence-corrected chi connectivity index (χ3v) is 4.01. The Morgan fingerprint density at radius 2 is 2.33 bits per heavy atom. The Hall–Kier alpha value is -0.380. The number of morpholine rings is 1. The van der Waals surface area contributed by atoms with Gasteiger partial charge in [0.25, 0.3) is 0 Å². The molecule has 1 unspecified atom stereocenters. The number of nitrogens with one attached hydrogen (secondary N) is 1. The molecule has 0 radical (unpaired) electrons. The Kier molecular flexibility index (Phi) is 3.14. The van der Waals surface area contributed by atoms with Crippen LogP contribution < -0.4 is 5.32 Å². The molecule has 1 atom stereocenters. The Morgan fingerprint density at radius 3 is 2.93 bits per heavy atom. The summed E-state index contributed by atoms with van der Waals surface area (Å²) < 4.78 is 6.07. The SMILES string of the molecule is CCc1ccc(C2CNCC(C)(C)O2)s1. The largest absolute Gasteiger partial charge is 0.364 e. The minimum Gasteiger partial charge on any atom is -0.364 e. The summed E-state index contributed by atoms with van der Waals surface area (Å²) in [4.78, 5) is 2.80. The van der Waals surface area contributed by atoms with Gasteiger partial charge in [-0.25, -0.2) is 0 Å². The van der Waals surface area contributed by atoms with Gasteiger partial charge in [0.2, 0.25) is 0 Å². The first-order valence-corrected chi connectivity index (χ1v) is 6.39. The Labute approximate surface area is 95.6 Å². The fourth-order valence-electron chi connectivity index (χ4n) is 1.89. The predicted molar refractivity (Wildman–Crippen MR) is 64.5 cm³/mol. The van der Waals surface area contributed by atoms with Gasteiger partial charge >= 0.3 is 0 Å². The third kappa shape index (κ3) is 2.60. The van der Waals surface area contributed by atoms with Gasteiger partial charge in [0.15, 0.2) is 0 Å². The van der Waals surface area contributed by atoms with Crippen molar-refractivity contribution in [2.75, 3.05) is 13.1 Å². The van der Waals surface area contributed by atoms with Crippen LogP contribution in [-0.2, 0) is 11.2 Å². The monoisotopic (exact) mass is 225 g/mol. The second-order valence-electron chi connectivity index (χ2n) is 4.65. The zero-order valence-corrected chi connectivity index (χ0v) is 10.5. The summed E-state index contributed by atoms with van der Waals surface area (Å²) >= 11 is 1.88. The van der Waals surface area contributed by atoms with Gasteiger partial charge in [-0.1, -0.05) is 6.92 Å². The quantitative estimate of drug-likeness (QED) is 0.835. The van der Waals surface area contributed by atoms with Crippen LogP contribution in [0.4, 0.5) is 0 Å². The van der Waals surface area contributed by atoms with Crippen LogP contribution in [0.1, 0.15) is 36.6 Å². The average Bonchev–Trinajstić information content (AvgIpc) is 2.64. The van der Waals surface area contributed by atoms with Gasteiger partial charge in [-0.15, -0.1) is 11.3 Å². The maximum atomic E-state index is 6.07. The molecule has 0 amide bonds. The van der Waals surface area contributed by atoms with Crippen LogP contribution in [0.5, 0.6) is 0 Å². The Bertz CT molecular complexity index is 332. The molecule has 84 valence electrons. The van der Waals surface area contributed by atoms with Gasteiger partial charge in [0.1, 0.15) is 6.10 Å². The lowest BCUT2D eigenvalue weighted by Gasteiger charge is -2.36. The number of rotatable bonds is 2. The van der Waals surface area contributed by atoms with Crippen molar-refractivity contribution in [2.45, 2.75) is 38.9 Å². The fraction of sp³-hybridized carbons (Fsp3) is 0.667. The molecule has 0 aromatic carbocycles. The molecule has 1 aliphatic heterocycles. The highest BCUT2D eigenvalue weighted by molar-refractivity contribution is 7.12. The zero-order valence-electron chi connectivity index (χ0n) is 9.67. The minimum atomic E-state index is -0.0424. The molecule has 3 heteroatoms. The van der Waals surface area contributed by atoms with Gasteiger partial charge in [-0.2, -0.15) is 0 Å². The first kappa shape index (κ1) is 11.1. The molecule has 0 bridgehead atoms. The Morgan fingerprint density at radius 1 is 1.53 bits per heavy atom. The van der Waals surface area contributed by atoms with E-state index in [1.807, 2.05) is 11.3 Å². The number of aryl methyl sites for hydroxylation is 1. The summed E-state index contributed by atoms with van der Waals surface area (Å²) in [5, 5.41) is 3.43. The van der Waals surface area contributed by atoms with Crippen LogP contribution >= 0.6 is 11.3 Å². The molecule has 1 aromatic heterocycles. The second-order valence-corrected chi connectivity index (χ2v) is 5.85. The third-order valence-electron chi connectivity index (χ3n) is 2.69. The van der Waals surface area contributed by atoms with Crippen molar-refractivity contribution >= 4 is 11.3 Å². The number of ether oxygens (including phenoxy) is 1. The van der Waals surface area contributed by atoms with Crippen LogP contribution in [0.15, 0.2) is 12.1 Å². The highest BCUT2D eigenvalue weighted by Gasteiger charge is 2.29. The van der Waals surface area contributed by atoms with Crippen LogP contribution in [0.3, 0.4) is 0 Å². The molecular weight excluding hydrogens is 206 g/mol. The van der Waals surface area contributed by atoms with Gasteiger partial charge in [-0.3, -0.25) is 0 Å². The summed E-state index contributed by atoms with van der Waals surface area (Å²) in [5.41, 5.74) is -0.0424. The van der Waals surface area contributed by atoms with E-state index in [9.17, 15) is 0 Å². The lowest BCUT2D eigenvalue weighted by Crippen LogP contribution is -2.46. The molecule has 0 aliphatic carbocycles. The molecule has 1 fully saturated rings. The van der Waals surface area contributed by atoms with E-state index in [1.54, 1.807) is 0 Å². The molecule has 2 heterocycles. The van der Waals surface area contributed by atoms with Crippen molar-refractivity contribution in [3.8, 4) is 0 Å². The fourth-order valence-corrected chi connectivity index (χ4v) is 2.87. The summed E-state index contributed by atoms with van der Waals surface area (Å²) in [7, 11) is 0. The first-order chi connectivity index (χ1) is 7.11. The molecule has 1 aromatic rings. The maximum Gasteiger partial charge on any atom is 0.105 e. The number of hydrogen-bond donors (Lipinski definition) is 1. The van der Waals surface area contributed by atoms with Crippen molar-refractivity contribution in [1.29, 1.82) is 0 Å². The number of hydrogen-bond acceptors (Lipinski definition) is 3. The predicted octanol–water partition coefficient (Wildman–Crippen LogP) is 2.75. The van der Waals surface area contributed by atoms with Crippen molar-refractivity contribution in [1.82, 2.24) is 5.32 Å². The number of thiophene rings is 1. The van der Waals surface area contributed by atoms with Gasteiger partial charge < -0.3 is 10.1 Å². The van der Waals surface area contributed by atoms with Crippen LogP contribution in [0.25, 0.3) is 0 Å². The van der Waals surface area contributed by atoms with Gasteiger partial charge in [-0.05, 0) is 32.4 Å². The molecule has 2 nitrogen and oxygen atoms in total. The normalized spacial score (nSPS) is 25.4. The molecule has 0 saturated carbocycles. The van der Waals surface area contributed by atoms with Crippen LogP contribution in [0, 0.1) is 0 Å². The Balaban J connectivity index is 2.10. The van der Waals surface area contributed by atoms with Crippen molar-refractivity contribution in [2.24, 2.45) is 0 Å². The van der Waals surface area contributed by atoms with E-state index in [1.165, 1.54) is 9.75 Å². The highest BCUT2D eigenvalue weighted by atomic mass is 32.1. The smallest absolute Gasteiger partial charge is 0.105 e. The summed E-state index contributed by atoms with van der Waals surface area (Å²) in [6.45, 7) is 8.35. The molecule has 1 N–H and O–H groups in total. The molecule has 0 spiro atoms. The van der Waals surface area contributed by atoms with E-state index >= 15 is 0 Å². The van der Waals surface area contributed by atoms with Crippen molar-refractivity contribution in [3.05, 3.63) is 21.9 Å². The molecule has 15 heavy (non-hydrogen) atoms. The molecule has 2 rings (SSSR count). The molecular formula is C12H19NOS. The van der Waals surface area contributed by atoms with Crippen LogP contribution in [0.2, 0.25) is 0 Å². The standard InChI is InChI=1S/C12H19NOS/c1-4-9-5-6-11(15-9)10-7-13-8-12(2,3)14-10/h5-6,10,13H,4,7-8H2,1-3H3.